The number of phenolic OH excluding ortho intramolecular Hbond substituents is 2. The van der Waals surface area contributed by atoms with E-state index in [4.69, 9.17) is 4.74 Å². The lowest BCUT2D eigenvalue weighted by Gasteiger charge is -2.11. The van der Waals surface area contributed by atoms with E-state index >= 15 is 0 Å². The average Bonchev–Trinajstić information content (AvgIpc) is 2.47. The summed E-state index contributed by atoms with van der Waals surface area (Å²) in [7, 11) is 0. The first-order valence-electron chi connectivity index (χ1n) is 6.67. The van der Waals surface area contributed by atoms with E-state index in [-0.39, 0.29) is 11.5 Å². The summed E-state index contributed by atoms with van der Waals surface area (Å²) in [5, 5.41) is 22.4. The first-order valence-corrected chi connectivity index (χ1v) is 6.67. The summed E-state index contributed by atoms with van der Waals surface area (Å²) in [4.78, 5) is 0. The summed E-state index contributed by atoms with van der Waals surface area (Å²) in [6, 6.07) is 12.6. The van der Waals surface area contributed by atoms with Crippen LogP contribution >= 0.6 is 0 Å². The average molecular weight is 273 g/mol. The van der Waals surface area contributed by atoms with E-state index in [2.05, 4.69) is 12.2 Å². The van der Waals surface area contributed by atoms with E-state index in [1.54, 1.807) is 12.1 Å². The van der Waals surface area contributed by atoms with Gasteiger partial charge in [0.2, 0.25) is 0 Å². The second kappa shape index (κ2) is 6.70. The first kappa shape index (κ1) is 14.1. The van der Waals surface area contributed by atoms with Crippen molar-refractivity contribution >= 4 is 5.69 Å². The second-order valence-corrected chi connectivity index (χ2v) is 4.51. The predicted octanol–water partition coefficient (Wildman–Crippen LogP) is 3.50. The summed E-state index contributed by atoms with van der Waals surface area (Å²) in [5.41, 5.74) is 1.55. The number of hydrogen-bond donors (Lipinski definition) is 3. The number of ether oxygens (including phenoxy) is 1. The highest BCUT2D eigenvalue weighted by Gasteiger charge is 2.05. The van der Waals surface area contributed by atoms with Gasteiger partial charge in [0, 0.05) is 23.9 Å². The monoisotopic (exact) mass is 273 g/mol. The Labute approximate surface area is 118 Å². The van der Waals surface area contributed by atoms with Gasteiger partial charge in [-0.2, -0.15) is 0 Å². The molecule has 0 fully saturated rings. The third-order valence-corrected chi connectivity index (χ3v) is 2.89. The lowest BCUT2D eigenvalue weighted by molar-refractivity contribution is 0.317. The fourth-order valence-corrected chi connectivity index (χ4v) is 1.83. The van der Waals surface area contributed by atoms with Gasteiger partial charge in [0.25, 0.3) is 0 Å². The van der Waals surface area contributed by atoms with Crippen LogP contribution in [0.3, 0.4) is 0 Å². The number of nitrogens with one attached hydrogen (secondary N) is 1. The molecule has 0 aliphatic heterocycles. The molecular weight excluding hydrogens is 254 g/mol. The normalized spacial score (nSPS) is 10.2. The van der Waals surface area contributed by atoms with Crippen LogP contribution < -0.4 is 10.1 Å². The molecule has 0 saturated carbocycles. The molecular formula is C16H19NO3. The lowest BCUT2D eigenvalue weighted by atomic mass is 10.2. The van der Waals surface area contributed by atoms with Crippen LogP contribution in [0.1, 0.15) is 18.9 Å². The number of para-hydroxylation sites is 1. The zero-order chi connectivity index (χ0) is 14.4. The van der Waals surface area contributed by atoms with Gasteiger partial charge in [-0.15, -0.1) is 0 Å². The molecule has 0 aliphatic carbocycles. The highest BCUT2D eigenvalue weighted by Crippen LogP contribution is 2.29. The maximum Gasteiger partial charge on any atom is 0.162 e. The van der Waals surface area contributed by atoms with Crippen LogP contribution in [0.2, 0.25) is 0 Å². The van der Waals surface area contributed by atoms with E-state index in [0.717, 1.165) is 17.9 Å². The molecule has 0 aromatic heterocycles. The zero-order valence-electron chi connectivity index (χ0n) is 11.5. The topological polar surface area (TPSA) is 61.7 Å². The van der Waals surface area contributed by atoms with E-state index in [9.17, 15) is 10.2 Å². The van der Waals surface area contributed by atoms with Gasteiger partial charge in [-0.1, -0.05) is 25.1 Å². The number of hydrogen-bond acceptors (Lipinski definition) is 4. The van der Waals surface area contributed by atoms with Crippen LogP contribution in [-0.4, -0.2) is 16.8 Å². The third-order valence-electron chi connectivity index (χ3n) is 2.89. The van der Waals surface area contributed by atoms with E-state index < -0.39 is 0 Å². The van der Waals surface area contributed by atoms with Crippen molar-refractivity contribution in [3.05, 3.63) is 48.0 Å². The summed E-state index contributed by atoms with van der Waals surface area (Å²) in [6.45, 7) is 3.18. The van der Waals surface area contributed by atoms with Crippen molar-refractivity contribution in [2.75, 3.05) is 11.9 Å². The molecule has 2 rings (SSSR count). The highest BCUT2D eigenvalue weighted by molar-refractivity contribution is 5.51. The molecule has 2 aromatic carbocycles. The Balaban J connectivity index is 2.01. The molecule has 2 aromatic rings. The number of anilines is 1. The fourth-order valence-electron chi connectivity index (χ4n) is 1.83. The summed E-state index contributed by atoms with van der Waals surface area (Å²) >= 11 is 0. The Morgan fingerprint density at radius 3 is 2.70 bits per heavy atom. The van der Waals surface area contributed by atoms with Crippen LogP contribution in [0.5, 0.6) is 17.2 Å². The SMILES string of the molecule is CCCOc1cccc(NCc2cccc(O)c2O)c1. The maximum atomic E-state index is 9.73. The summed E-state index contributed by atoms with van der Waals surface area (Å²) < 4.78 is 5.56. The smallest absolute Gasteiger partial charge is 0.162 e. The Morgan fingerprint density at radius 2 is 1.90 bits per heavy atom. The molecule has 0 amide bonds. The molecule has 0 bridgehead atoms. The molecule has 4 nitrogen and oxygen atoms in total. The largest absolute Gasteiger partial charge is 0.504 e. The van der Waals surface area contributed by atoms with Crippen molar-refractivity contribution < 1.29 is 14.9 Å². The van der Waals surface area contributed by atoms with Gasteiger partial charge in [-0.05, 0) is 24.6 Å². The van der Waals surface area contributed by atoms with Gasteiger partial charge in [0.05, 0.1) is 6.61 Å². The van der Waals surface area contributed by atoms with Gasteiger partial charge in [0.15, 0.2) is 11.5 Å². The third kappa shape index (κ3) is 3.57. The van der Waals surface area contributed by atoms with Gasteiger partial charge < -0.3 is 20.3 Å². The Kier molecular flexibility index (Phi) is 4.71. The van der Waals surface area contributed by atoms with Gasteiger partial charge in [-0.3, -0.25) is 0 Å². The van der Waals surface area contributed by atoms with E-state index in [1.165, 1.54) is 6.07 Å². The summed E-state index contributed by atoms with van der Waals surface area (Å²) in [5.74, 6) is 0.625. The molecule has 0 heterocycles. The van der Waals surface area contributed by atoms with Crippen LogP contribution in [0.15, 0.2) is 42.5 Å². The summed E-state index contributed by atoms with van der Waals surface area (Å²) in [6.07, 6.45) is 0.967. The molecule has 0 unspecified atom stereocenters. The minimum atomic E-state index is -0.107. The maximum absolute atomic E-state index is 9.73. The number of aromatic hydroxyl groups is 2. The number of rotatable bonds is 6. The van der Waals surface area contributed by atoms with Gasteiger partial charge >= 0.3 is 0 Å². The molecule has 20 heavy (non-hydrogen) atoms. The molecule has 0 radical (unpaired) electrons. The van der Waals surface area contributed by atoms with Crippen molar-refractivity contribution in [1.82, 2.24) is 0 Å². The second-order valence-electron chi connectivity index (χ2n) is 4.51. The van der Waals surface area contributed by atoms with Gasteiger partial charge in [0.1, 0.15) is 5.75 Å². The Morgan fingerprint density at radius 1 is 1.10 bits per heavy atom. The minimum Gasteiger partial charge on any atom is -0.504 e. The highest BCUT2D eigenvalue weighted by atomic mass is 16.5. The van der Waals surface area contributed by atoms with Crippen LogP contribution in [0.4, 0.5) is 5.69 Å². The molecule has 0 spiro atoms. The van der Waals surface area contributed by atoms with Crippen molar-refractivity contribution in [3.63, 3.8) is 0 Å². The van der Waals surface area contributed by atoms with Crippen molar-refractivity contribution in [2.45, 2.75) is 19.9 Å². The first-order chi connectivity index (χ1) is 9.70. The zero-order valence-corrected chi connectivity index (χ0v) is 11.5. The van der Waals surface area contributed by atoms with E-state index in [0.29, 0.717) is 18.7 Å². The van der Waals surface area contributed by atoms with Crippen molar-refractivity contribution in [1.29, 1.82) is 0 Å². The Hall–Kier alpha value is -2.36. The van der Waals surface area contributed by atoms with E-state index in [1.807, 2.05) is 24.3 Å². The van der Waals surface area contributed by atoms with Crippen LogP contribution in [-0.2, 0) is 6.54 Å². The van der Waals surface area contributed by atoms with Crippen molar-refractivity contribution in [2.24, 2.45) is 0 Å². The number of benzene rings is 2. The molecule has 0 aliphatic rings. The standard InChI is InChI=1S/C16H19NO3/c1-2-9-20-14-7-4-6-13(10-14)17-11-12-5-3-8-15(18)16(12)19/h3-8,10,17-19H,2,9,11H2,1H3. The Bertz CT molecular complexity index is 569. The molecule has 0 atom stereocenters. The van der Waals surface area contributed by atoms with Gasteiger partial charge in [-0.25, -0.2) is 0 Å². The lowest BCUT2D eigenvalue weighted by Crippen LogP contribution is -2.01. The van der Waals surface area contributed by atoms with Crippen molar-refractivity contribution in [3.8, 4) is 17.2 Å². The fraction of sp³-hybridized carbons (Fsp3) is 0.250. The minimum absolute atomic E-state index is 0.0848. The molecule has 0 saturated heterocycles. The van der Waals surface area contributed by atoms with Crippen LogP contribution in [0, 0.1) is 0 Å². The molecule has 3 N–H and O–H groups in total. The molecule has 4 heteroatoms. The quantitative estimate of drug-likeness (QED) is 0.705. The molecule has 106 valence electrons. The predicted molar refractivity (Wildman–Crippen MR) is 79.3 cm³/mol. The number of phenols is 2. The van der Waals surface area contributed by atoms with Crippen LogP contribution in [0.25, 0.3) is 0 Å².